The van der Waals surface area contributed by atoms with Gasteiger partial charge in [0.05, 0.1) is 16.7 Å². The van der Waals surface area contributed by atoms with Crippen molar-refractivity contribution in [1.29, 1.82) is 0 Å². The van der Waals surface area contributed by atoms with Crippen molar-refractivity contribution in [2.45, 2.75) is 6.92 Å². The van der Waals surface area contributed by atoms with Gasteiger partial charge in [-0.2, -0.15) is 9.78 Å². The number of aryl methyl sites for hydroxylation is 1. The zero-order chi connectivity index (χ0) is 18.8. The molecule has 0 aliphatic heterocycles. The third-order valence-corrected chi connectivity index (χ3v) is 3.94. The topological polar surface area (TPSA) is 75.6 Å². The number of nitrogens with one attached hydrogen (secondary N) is 2. The van der Waals surface area contributed by atoms with Crippen molar-refractivity contribution in [2.75, 3.05) is 5.32 Å². The standard InChI is InChI=1S/C20H16FN5O/c1-13-11-18(24-19(27)10-9-14-5-4-6-15(21)12-14)26(25-13)20-22-16-7-2-3-8-17(16)23-20/h2-12H,1H3,(H,22,23)(H,24,27)/b10-9+. The van der Waals surface area contributed by atoms with Crippen molar-refractivity contribution in [1.82, 2.24) is 19.7 Å². The maximum Gasteiger partial charge on any atom is 0.249 e. The lowest BCUT2D eigenvalue weighted by Crippen LogP contribution is -2.13. The van der Waals surface area contributed by atoms with E-state index in [-0.39, 0.29) is 11.7 Å². The van der Waals surface area contributed by atoms with Crippen molar-refractivity contribution in [3.05, 3.63) is 77.7 Å². The number of para-hydroxylation sites is 2. The Hall–Kier alpha value is -3.74. The average Bonchev–Trinajstić information content (AvgIpc) is 3.23. The fourth-order valence-electron chi connectivity index (χ4n) is 2.74. The Bertz CT molecular complexity index is 1130. The number of amides is 1. The van der Waals surface area contributed by atoms with Crippen LogP contribution in [0.4, 0.5) is 10.2 Å². The van der Waals surface area contributed by atoms with Gasteiger partial charge in [-0.05, 0) is 42.8 Å². The number of rotatable bonds is 4. The summed E-state index contributed by atoms with van der Waals surface area (Å²) in [5, 5.41) is 7.17. The number of halogens is 1. The van der Waals surface area contributed by atoms with Gasteiger partial charge in [0.1, 0.15) is 11.6 Å². The fraction of sp³-hybridized carbons (Fsp3) is 0.0500. The first kappa shape index (κ1) is 16.7. The molecule has 0 bridgehead atoms. The fourth-order valence-corrected chi connectivity index (χ4v) is 2.74. The van der Waals surface area contributed by atoms with Crippen LogP contribution in [0.1, 0.15) is 11.3 Å². The lowest BCUT2D eigenvalue weighted by Gasteiger charge is -2.04. The number of benzene rings is 2. The van der Waals surface area contributed by atoms with Crippen molar-refractivity contribution >= 4 is 28.8 Å². The molecular formula is C20H16FN5O. The second-order valence-corrected chi connectivity index (χ2v) is 6.04. The first-order valence-corrected chi connectivity index (χ1v) is 8.35. The molecule has 0 saturated heterocycles. The average molecular weight is 361 g/mol. The molecule has 27 heavy (non-hydrogen) atoms. The SMILES string of the molecule is Cc1cc(NC(=O)/C=C/c2cccc(F)c2)n(-c2nc3ccccc3[nH]2)n1. The lowest BCUT2D eigenvalue weighted by molar-refractivity contribution is -0.111. The number of anilines is 1. The van der Waals surface area contributed by atoms with Crippen molar-refractivity contribution in [3.8, 4) is 5.95 Å². The Morgan fingerprint density at radius 3 is 2.85 bits per heavy atom. The summed E-state index contributed by atoms with van der Waals surface area (Å²) < 4.78 is 14.8. The Morgan fingerprint density at radius 2 is 2.04 bits per heavy atom. The van der Waals surface area contributed by atoms with Crippen molar-refractivity contribution in [2.24, 2.45) is 0 Å². The van der Waals surface area contributed by atoms with E-state index in [1.54, 1.807) is 29.0 Å². The Labute approximate surface area is 154 Å². The number of carbonyl (C=O) groups excluding carboxylic acids is 1. The number of carbonyl (C=O) groups is 1. The monoisotopic (exact) mass is 361 g/mol. The van der Waals surface area contributed by atoms with Gasteiger partial charge in [-0.25, -0.2) is 9.37 Å². The number of H-pyrrole nitrogens is 1. The van der Waals surface area contributed by atoms with E-state index in [2.05, 4.69) is 20.4 Å². The summed E-state index contributed by atoms with van der Waals surface area (Å²) >= 11 is 0. The molecule has 134 valence electrons. The highest BCUT2D eigenvalue weighted by Gasteiger charge is 2.13. The number of nitrogens with zero attached hydrogens (tertiary/aromatic N) is 3. The van der Waals surface area contributed by atoms with Gasteiger partial charge < -0.3 is 10.3 Å². The Morgan fingerprint density at radius 1 is 1.19 bits per heavy atom. The molecule has 1 amide bonds. The smallest absolute Gasteiger partial charge is 0.249 e. The highest BCUT2D eigenvalue weighted by molar-refractivity contribution is 6.01. The molecular weight excluding hydrogens is 345 g/mol. The largest absolute Gasteiger partial charge is 0.322 e. The van der Waals surface area contributed by atoms with Gasteiger partial charge in [0.25, 0.3) is 0 Å². The van der Waals surface area contributed by atoms with E-state index in [4.69, 9.17) is 0 Å². The van der Waals surface area contributed by atoms with Gasteiger partial charge >= 0.3 is 0 Å². The van der Waals surface area contributed by atoms with Gasteiger partial charge in [0.2, 0.25) is 11.9 Å². The molecule has 0 atom stereocenters. The molecule has 0 radical (unpaired) electrons. The minimum Gasteiger partial charge on any atom is -0.322 e. The lowest BCUT2D eigenvalue weighted by atomic mass is 10.2. The summed E-state index contributed by atoms with van der Waals surface area (Å²) in [6.07, 6.45) is 2.90. The molecule has 0 spiro atoms. The molecule has 4 rings (SSSR count). The van der Waals surface area contributed by atoms with Crippen molar-refractivity contribution < 1.29 is 9.18 Å². The summed E-state index contributed by atoms with van der Waals surface area (Å²) in [5.74, 6) is 0.293. The summed E-state index contributed by atoms with van der Waals surface area (Å²) in [6.45, 7) is 1.83. The third kappa shape index (κ3) is 3.62. The molecule has 2 heterocycles. The van der Waals surface area contributed by atoms with E-state index in [9.17, 15) is 9.18 Å². The predicted octanol–water partition coefficient (Wildman–Crippen LogP) is 3.85. The molecule has 2 aromatic heterocycles. The maximum absolute atomic E-state index is 13.2. The van der Waals surface area contributed by atoms with Crippen LogP contribution in [-0.2, 0) is 4.79 Å². The van der Waals surface area contributed by atoms with Crippen LogP contribution >= 0.6 is 0 Å². The van der Waals surface area contributed by atoms with Crippen LogP contribution in [-0.4, -0.2) is 25.7 Å². The highest BCUT2D eigenvalue weighted by Crippen LogP contribution is 2.18. The zero-order valence-corrected chi connectivity index (χ0v) is 14.5. The van der Waals surface area contributed by atoms with E-state index < -0.39 is 0 Å². The molecule has 0 aliphatic rings. The second kappa shape index (κ2) is 6.87. The normalized spacial score (nSPS) is 11.3. The number of imidazole rings is 1. The second-order valence-electron chi connectivity index (χ2n) is 6.04. The molecule has 7 heteroatoms. The van der Waals surface area contributed by atoms with Crippen LogP contribution in [0.2, 0.25) is 0 Å². The maximum atomic E-state index is 13.2. The molecule has 0 saturated carbocycles. The summed E-state index contributed by atoms with van der Waals surface area (Å²) in [5.41, 5.74) is 3.03. The van der Waals surface area contributed by atoms with Crippen LogP contribution in [0.15, 0.2) is 60.7 Å². The summed E-state index contributed by atoms with van der Waals surface area (Å²) in [7, 11) is 0. The first-order chi connectivity index (χ1) is 13.1. The quantitative estimate of drug-likeness (QED) is 0.542. The first-order valence-electron chi connectivity index (χ1n) is 8.35. The number of fused-ring (bicyclic) bond motifs is 1. The summed E-state index contributed by atoms with van der Waals surface area (Å²) in [4.78, 5) is 20.0. The van der Waals surface area contributed by atoms with Gasteiger partial charge in [-0.3, -0.25) is 4.79 Å². The van der Waals surface area contributed by atoms with Gasteiger partial charge in [-0.15, -0.1) is 0 Å². The van der Waals surface area contributed by atoms with Crippen LogP contribution in [0, 0.1) is 12.7 Å². The predicted molar refractivity (Wildman–Crippen MR) is 102 cm³/mol. The van der Waals surface area contributed by atoms with E-state index in [0.29, 0.717) is 17.3 Å². The van der Waals surface area contributed by atoms with Crippen molar-refractivity contribution in [3.63, 3.8) is 0 Å². The molecule has 0 unspecified atom stereocenters. The number of hydrogen-bond acceptors (Lipinski definition) is 3. The number of aromatic nitrogens is 4. The van der Waals surface area contributed by atoms with Gasteiger partial charge in [0.15, 0.2) is 0 Å². The molecule has 6 nitrogen and oxygen atoms in total. The van der Waals surface area contributed by atoms with Crippen LogP contribution in [0.3, 0.4) is 0 Å². The van der Waals surface area contributed by atoms with Crippen LogP contribution in [0.25, 0.3) is 23.1 Å². The van der Waals surface area contributed by atoms with E-state index in [1.165, 1.54) is 18.2 Å². The van der Waals surface area contributed by atoms with E-state index >= 15 is 0 Å². The minimum absolute atomic E-state index is 0.350. The Balaban J connectivity index is 1.58. The molecule has 2 aromatic carbocycles. The molecule has 2 N–H and O–H groups in total. The number of aromatic amines is 1. The highest BCUT2D eigenvalue weighted by atomic mass is 19.1. The van der Waals surface area contributed by atoms with E-state index in [1.807, 2.05) is 31.2 Å². The Kier molecular flexibility index (Phi) is 4.25. The van der Waals surface area contributed by atoms with Crippen LogP contribution in [0.5, 0.6) is 0 Å². The van der Waals surface area contributed by atoms with E-state index in [0.717, 1.165) is 16.7 Å². The molecule has 4 aromatic rings. The summed E-state index contributed by atoms with van der Waals surface area (Å²) in [6, 6.07) is 15.4. The third-order valence-electron chi connectivity index (χ3n) is 3.94. The molecule has 0 fully saturated rings. The van der Waals surface area contributed by atoms with Gasteiger partial charge in [-0.1, -0.05) is 24.3 Å². The van der Waals surface area contributed by atoms with Crippen LogP contribution < -0.4 is 5.32 Å². The minimum atomic E-state index is -0.351. The zero-order valence-electron chi connectivity index (χ0n) is 14.5. The molecule has 0 aliphatic carbocycles. The number of hydrogen-bond donors (Lipinski definition) is 2. The van der Waals surface area contributed by atoms with Gasteiger partial charge in [0, 0.05) is 12.1 Å².